The van der Waals surface area contributed by atoms with Crippen LogP contribution in [0.15, 0.2) is 47.6 Å². The maximum absolute atomic E-state index is 13.0. The van der Waals surface area contributed by atoms with Crippen LogP contribution in [-0.2, 0) is 13.0 Å². The van der Waals surface area contributed by atoms with Crippen LogP contribution in [0.5, 0.6) is 11.5 Å². The Morgan fingerprint density at radius 1 is 1.24 bits per heavy atom. The quantitative estimate of drug-likeness (QED) is 0.417. The molecule has 0 radical (unpaired) electrons. The summed E-state index contributed by atoms with van der Waals surface area (Å²) in [5.74, 6) is 0.856. The number of aromatic amines is 1. The molecule has 0 amide bonds. The molecule has 0 aliphatic carbocycles. The largest absolute Gasteiger partial charge is 0.496 e. The van der Waals surface area contributed by atoms with E-state index in [0.29, 0.717) is 11.3 Å². The molecule has 6 nitrogen and oxygen atoms in total. The summed E-state index contributed by atoms with van der Waals surface area (Å²) in [7, 11) is 1.57. The summed E-state index contributed by atoms with van der Waals surface area (Å²) in [4.78, 5) is 0. The number of hydrogen-bond acceptors (Lipinski definition) is 5. The summed E-state index contributed by atoms with van der Waals surface area (Å²) in [6.45, 7) is 2.37. The van der Waals surface area contributed by atoms with Gasteiger partial charge < -0.3 is 9.47 Å². The first-order chi connectivity index (χ1) is 14.0. The van der Waals surface area contributed by atoms with Crippen LogP contribution in [-0.4, -0.2) is 28.2 Å². The van der Waals surface area contributed by atoms with Crippen molar-refractivity contribution in [1.82, 2.24) is 14.9 Å². The third kappa shape index (κ3) is 5.05. The van der Waals surface area contributed by atoms with Crippen molar-refractivity contribution in [2.45, 2.75) is 26.4 Å². The van der Waals surface area contributed by atoms with Crippen LogP contribution < -0.4 is 9.47 Å². The normalized spacial score (nSPS) is 11.3. The number of H-pyrrole nitrogens is 1. The molecular weight excluding hydrogens is 398 g/mol. The number of aryl methyl sites for hydroxylation is 1. The van der Waals surface area contributed by atoms with Crippen LogP contribution >= 0.6 is 12.2 Å². The number of nitrogens with one attached hydrogen (secondary N) is 1. The number of benzene rings is 2. The molecule has 0 atom stereocenters. The zero-order valence-electron chi connectivity index (χ0n) is 15.9. The third-order valence-corrected chi connectivity index (χ3v) is 4.49. The van der Waals surface area contributed by atoms with Crippen LogP contribution in [0.3, 0.4) is 0 Å². The number of rotatable bonds is 8. The molecule has 1 N–H and O–H groups in total. The van der Waals surface area contributed by atoms with Gasteiger partial charge in [-0.1, -0.05) is 19.1 Å². The summed E-state index contributed by atoms with van der Waals surface area (Å²) in [5.41, 5.74) is 2.70. The molecule has 0 aliphatic heterocycles. The molecule has 0 bridgehead atoms. The van der Waals surface area contributed by atoms with Gasteiger partial charge >= 0.3 is 0 Å². The van der Waals surface area contributed by atoms with Gasteiger partial charge in [-0.3, -0.25) is 0 Å². The molecule has 0 saturated heterocycles. The van der Waals surface area contributed by atoms with Crippen LogP contribution in [0, 0.1) is 4.77 Å². The minimum atomic E-state index is -2.79. The Labute approximate surface area is 171 Å². The first kappa shape index (κ1) is 20.7. The van der Waals surface area contributed by atoms with Crippen molar-refractivity contribution in [1.29, 1.82) is 0 Å². The first-order valence-corrected chi connectivity index (χ1v) is 9.31. The van der Waals surface area contributed by atoms with Crippen LogP contribution in [0.25, 0.3) is 0 Å². The van der Waals surface area contributed by atoms with Crippen molar-refractivity contribution in [2.24, 2.45) is 5.10 Å². The number of ether oxygens (including phenoxy) is 2. The van der Waals surface area contributed by atoms with Gasteiger partial charge in [-0.15, -0.1) is 0 Å². The van der Waals surface area contributed by atoms with Crippen LogP contribution in [0.2, 0.25) is 0 Å². The van der Waals surface area contributed by atoms with Gasteiger partial charge in [0.15, 0.2) is 0 Å². The summed E-state index contributed by atoms with van der Waals surface area (Å²) < 4.78 is 38.1. The van der Waals surface area contributed by atoms with Crippen molar-refractivity contribution in [3.63, 3.8) is 0 Å². The number of halogens is 2. The van der Waals surface area contributed by atoms with Crippen molar-refractivity contribution < 1.29 is 18.3 Å². The van der Waals surface area contributed by atoms with Crippen LogP contribution in [0.1, 0.15) is 35.9 Å². The number of hydrogen-bond donors (Lipinski definition) is 1. The SMILES string of the molecule is CCc1ccc(OCc2cc(C=Nn3c(C(F)F)n[nH]c3=S)ccc2OC)cc1. The second-order valence-corrected chi connectivity index (χ2v) is 6.49. The fourth-order valence-electron chi connectivity index (χ4n) is 2.66. The second kappa shape index (κ2) is 9.42. The molecule has 0 unspecified atom stereocenters. The Balaban J connectivity index is 1.79. The van der Waals surface area contributed by atoms with Crippen molar-refractivity contribution in [2.75, 3.05) is 7.11 Å². The summed E-state index contributed by atoms with van der Waals surface area (Å²) in [6, 6.07) is 13.2. The fourth-order valence-corrected chi connectivity index (χ4v) is 2.84. The van der Waals surface area contributed by atoms with Gasteiger partial charge in [-0.2, -0.15) is 14.9 Å². The number of alkyl halides is 2. The zero-order valence-corrected chi connectivity index (χ0v) is 16.7. The molecule has 29 heavy (non-hydrogen) atoms. The zero-order chi connectivity index (χ0) is 20.8. The average Bonchev–Trinajstić information content (AvgIpc) is 3.11. The highest BCUT2D eigenvalue weighted by Crippen LogP contribution is 2.22. The van der Waals surface area contributed by atoms with Crippen molar-refractivity contribution >= 4 is 18.4 Å². The van der Waals surface area contributed by atoms with Gasteiger partial charge in [0.05, 0.1) is 13.3 Å². The molecule has 0 saturated carbocycles. The van der Waals surface area contributed by atoms with Crippen molar-refractivity contribution in [3.8, 4) is 11.5 Å². The number of nitrogens with zero attached hydrogens (tertiary/aromatic N) is 3. The Kier molecular flexibility index (Phi) is 6.71. The Morgan fingerprint density at radius 3 is 2.66 bits per heavy atom. The highest BCUT2D eigenvalue weighted by molar-refractivity contribution is 7.71. The highest BCUT2D eigenvalue weighted by atomic mass is 32.1. The third-order valence-electron chi connectivity index (χ3n) is 4.22. The fraction of sp³-hybridized carbons (Fsp3) is 0.250. The van der Waals surface area contributed by atoms with Gasteiger partial charge in [0.1, 0.15) is 18.1 Å². The molecular formula is C20H20F2N4O2S. The lowest BCUT2D eigenvalue weighted by Crippen LogP contribution is -2.02. The summed E-state index contributed by atoms with van der Waals surface area (Å²) in [6.07, 6.45) is -0.404. The lowest BCUT2D eigenvalue weighted by atomic mass is 10.1. The van der Waals surface area contributed by atoms with Gasteiger partial charge in [0, 0.05) is 5.56 Å². The molecule has 1 heterocycles. The van der Waals surface area contributed by atoms with E-state index in [2.05, 4.69) is 22.2 Å². The number of aromatic nitrogens is 3. The first-order valence-electron chi connectivity index (χ1n) is 8.90. The standard InChI is InChI=1S/C20H20F2N4O2S/c1-3-13-4-7-16(8-5-13)28-12-15-10-14(6-9-17(15)27-2)11-23-26-19(18(21)22)24-25-20(26)29/h4-11,18H,3,12H2,1-2H3,(H,25,29). The van der Waals surface area contributed by atoms with Gasteiger partial charge in [0.2, 0.25) is 10.6 Å². The molecule has 2 aromatic carbocycles. The molecule has 0 spiro atoms. The van der Waals surface area contributed by atoms with Gasteiger partial charge in [-0.05, 0) is 60.1 Å². The molecule has 3 rings (SSSR count). The monoisotopic (exact) mass is 418 g/mol. The minimum absolute atomic E-state index is 0.0101. The Morgan fingerprint density at radius 2 is 2.00 bits per heavy atom. The van der Waals surface area contributed by atoms with E-state index in [1.54, 1.807) is 19.2 Å². The maximum atomic E-state index is 13.0. The Bertz CT molecular complexity index is 1050. The van der Waals surface area contributed by atoms with Gasteiger partial charge in [0.25, 0.3) is 6.43 Å². The Hall–Kier alpha value is -3.07. The van der Waals surface area contributed by atoms with E-state index in [9.17, 15) is 8.78 Å². The smallest absolute Gasteiger partial charge is 0.299 e. The van der Waals surface area contributed by atoms with E-state index in [1.807, 2.05) is 30.3 Å². The molecule has 0 fully saturated rings. The predicted octanol–water partition coefficient (Wildman–Crippen LogP) is 4.91. The van der Waals surface area contributed by atoms with Crippen molar-refractivity contribution in [3.05, 3.63) is 69.8 Å². The second-order valence-electron chi connectivity index (χ2n) is 6.10. The van der Waals surface area contributed by atoms with E-state index >= 15 is 0 Å². The van der Waals surface area contributed by atoms with Crippen LogP contribution in [0.4, 0.5) is 8.78 Å². The minimum Gasteiger partial charge on any atom is -0.496 e. The molecule has 0 aliphatic rings. The maximum Gasteiger partial charge on any atom is 0.299 e. The molecule has 3 aromatic rings. The summed E-state index contributed by atoms with van der Waals surface area (Å²) >= 11 is 4.94. The molecule has 9 heteroatoms. The lowest BCUT2D eigenvalue weighted by molar-refractivity contribution is 0.136. The lowest BCUT2D eigenvalue weighted by Gasteiger charge is -2.11. The molecule has 1 aromatic heterocycles. The van der Waals surface area contributed by atoms with E-state index in [4.69, 9.17) is 21.7 Å². The summed E-state index contributed by atoms with van der Waals surface area (Å²) in [5, 5.41) is 9.83. The van der Waals surface area contributed by atoms with E-state index < -0.39 is 12.2 Å². The van der Waals surface area contributed by atoms with Gasteiger partial charge in [-0.25, -0.2) is 13.9 Å². The van der Waals surface area contributed by atoms with E-state index in [-0.39, 0.29) is 11.4 Å². The number of methoxy groups -OCH3 is 1. The average molecular weight is 418 g/mol. The predicted molar refractivity (Wildman–Crippen MR) is 109 cm³/mol. The topological polar surface area (TPSA) is 64.4 Å². The highest BCUT2D eigenvalue weighted by Gasteiger charge is 2.16. The van der Waals surface area contributed by atoms with E-state index in [1.165, 1.54) is 11.8 Å². The van der Waals surface area contributed by atoms with E-state index in [0.717, 1.165) is 22.4 Å². The molecule has 152 valence electrons.